The van der Waals surface area contributed by atoms with Gasteiger partial charge < -0.3 is 14.4 Å². The molecule has 160 valence electrons. The number of carbonyl (C=O) groups excluding carboxylic acids is 2. The van der Waals surface area contributed by atoms with Gasteiger partial charge in [-0.3, -0.25) is 9.59 Å². The van der Waals surface area contributed by atoms with E-state index in [0.717, 1.165) is 30.9 Å². The number of aryl methyl sites for hydroxylation is 2. The van der Waals surface area contributed by atoms with Gasteiger partial charge in [-0.1, -0.05) is 42.5 Å². The van der Waals surface area contributed by atoms with Crippen molar-refractivity contribution in [2.45, 2.75) is 32.7 Å². The molecule has 0 saturated carbocycles. The first kappa shape index (κ1) is 22.0. The molecule has 1 aromatic heterocycles. The van der Waals surface area contributed by atoms with E-state index in [1.807, 2.05) is 34.9 Å². The van der Waals surface area contributed by atoms with Gasteiger partial charge in [0.25, 0.3) is 5.78 Å². The lowest BCUT2D eigenvalue weighted by molar-refractivity contribution is -0.151. The number of nitrogens with zero attached hydrogens (tertiary/aromatic N) is 1. The van der Waals surface area contributed by atoms with Crippen molar-refractivity contribution in [3.63, 3.8) is 0 Å². The lowest BCUT2D eigenvalue weighted by Crippen LogP contribution is -2.18. The molecular formula is C25H25NO5. The molecule has 3 rings (SSSR count). The maximum atomic E-state index is 12.9. The maximum absolute atomic E-state index is 12.9. The third-order valence-corrected chi connectivity index (χ3v) is 4.97. The van der Waals surface area contributed by atoms with Gasteiger partial charge in [0.1, 0.15) is 5.76 Å². The Kier molecular flexibility index (Phi) is 7.38. The molecule has 0 spiro atoms. The predicted octanol–water partition coefficient (Wildman–Crippen LogP) is 4.06. The lowest BCUT2D eigenvalue weighted by atomic mass is 10.1. The fraction of sp³-hybridized carbons (Fsp3) is 0.240. The van der Waals surface area contributed by atoms with Crippen molar-refractivity contribution >= 4 is 28.4 Å². The average molecular weight is 419 g/mol. The van der Waals surface area contributed by atoms with Gasteiger partial charge in [-0.05, 0) is 43.9 Å². The largest absolute Gasteiger partial charge is 0.507 e. The minimum absolute atomic E-state index is 0.0283. The number of rotatable bonds is 9. The molecule has 0 unspecified atom stereocenters. The number of unbranched alkanes of at least 4 members (excludes halogenated alkanes) is 1. The van der Waals surface area contributed by atoms with E-state index in [0.29, 0.717) is 11.9 Å². The fourth-order valence-corrected chi connectivity index (χ4v) is 3.43. The summed E-state index contributed by atoms with van der Waals surface area (Å²) in [5.74, 6) is -2.63. The summed E-state index contributed by atoms with van der Waals surface area (Å²) in [6.45, 7) is 2.26. The first-order valence-corrected chi connectivity index (χ1v) is 10.3. The molecule has 1 N–H and O–H groups in total. The normalized spacial score (nSPS) is 11.5. The molecule has 0 aliphatic rings. The van der Waals surface area contributed by atoms with Gasteiger partial charge in [-0.15, -0.1) is 0 Å². The summed E-state index contributed by atoms with van der Waals surface area (Å²) < 4.78 is 6.54. The Labute approximate surface area is 180 Å². The smallest absolute Gasteiger partial charge is 0.379 e. The summed E-state index contributed by atoms with van der Waals surface area (Å²) in [5.41, 5.74) is 1.59. The van der Waals surface area contributed by atoms with Gasteiger partial charge in [-0.2, -0.15) is 0 Å². The SMILES string of the molecule is CCOC(=O)C(=O)C=C(O)c1cn(CCCCc2ccccc2)c2ccccc2c1=O. The highest BCUT2D eigenvalue weighted by Crippen LogP contribution is 2.17. The third-order valence-electron chi connectivity index (χ3n) is 4.97. The van der Waals surface area contributed by atoms with Crippen molar-refractivity contribution < 1.29 is 19.4 Å². The van der Waals surface area contributed by atoms with Crippen molar-refractivity contribution in [3.8, 4) is 0 Å². The van der Waals surface area contributed by atoms with Crippen LogP contribution in [-0.2, 0) is 27.3 Å². The number of aliphatic hydroxyl groups excluding tert-OH is 1. The Morgan fingerprint density at radius 3 is 2.48 bits per heavy atom. The summed E-state index contributed by atoms with van der Waals surface area (Å²) in [4.78, 5) is 36.3. The van der Waals surface area contributed by atoms with Crippen LogP contribution in [0, 0.1) is 0 Å². The number of esters is 1. The minimum atomic E-state index is -1.07. The first-order chi connectivity index (χ1) is 15.0. The van der Waals surface area contributed by atoms with Crippen LogP contribution >= 0.6 is 0 Å². The van der Waals surface area contributed by atoms with Gasteiger partial charge in [0.15, 0.2) is 5.43 Å². The zero-order valence-electron chi connectivity index (χ0n) is 17.4. The summed E-state index contributed by atoms with van der Waals surface area (Å²) >= 11 is 0. The van der Waals surface area contributed by atoms with Crippen LogP contribution in [0.2, 0.25) is 0 Å². The molecule has 0 saturated heterocycles. The lowest BCUT2D eigenvalue weighted by Gasteiger charge is -2.13. The van der Waals surface area contributed by atoms with Gasteiger partial charge in [-0.25, -0.2) is 4.79 Å². The number of fused-ring (bicyclic) bond motifs is 1. The van der Waals surface area contributed by atoms with Crippen molar-refractivity contribution in [2.75, 3.05) is 6.61 Å². The van der Waals surface area contributed by atoms with Gasteiger partial charge >= 0.3 is 5.97 Å². The summed E-state index contributed by atoms with van der Waals surface area (Å²) in [5, 5.41) is 10.8. The van der Waals surface area contributed by atoms with Gasteiger partial charge in [0.05, 0.1) is 17.7 Å². The number of pyridine rings is 1. The number of hydrogen-bond acceptors (Lipinski definition) is 5. The zero-order chi connectivity index (χ0) is 22.2. The molecule has 0 fully saturated rings. The summed E-state index contributed by atoms with van der Waals surface area (Å²) in [6, 6.07) is 17.3. The Bertz CT molecular complexity index is 1160. The van der Waals surface area contributed by atoms with Crippen LogP contribution in [0.5, 0.6) is 0 Å². The molecular weight excluding hydrogens is 394 g/mol. The van der Waals surface area contributed by atoms with Crippen LogP contribution in [-0.4, -0.2) is 28.0 Å². The van der Waals surface area contributed by atoms with Crippen LogP contribution in [0.1, 0.15) is 30.9 Å². The highest BCUT2D eigenvalue weighted by atomic mass is 16.5. The molecule has 0 aliphatic carbocycles. The molecule has 0 aliphatic heterocycles. The van der Waals surface area contributed by atoms with E-state index < -0.39 is 22.9 Å². The molecule has 0 amide bonds. The van der Waals surface area contributed by atoms with Gasteiger partial charge in [0.2, 0.25) is 0 Å². The van der Waals surface area contributed by atoms with Crippen LogP contribution in [0.15, 0.2) is 71.7 Å². The number of carbonyl (C=O) groups is 2. The average Bonchev–Trinajstić information content (AvgIpc) is 2.79. The number of aromatic nitrogens is 1. The number of para-hydroxylation sites is 1. The Balaban J connectivity index is 1.85. The van der Waals surface area contributed by atoms with E-state index in [1.165, 1.54) is 11.8 Å². The highest BCUT2D eigenvalue weighted by Gasteiger charge is 2.17. The number of ketones is 1. The van der Waals surface area contributed by atoms with Crippen molar-refractivity contribution in [1.82, 2.24) is 4.57 Å². The fourth-order valence-electron chi connectivity index (χ4n) is 3.43. The van der Waals surface area contributed by atoms with Crippen LogP contribution in [0.3, 0.4) is 0 Å². The second-order valence-corrected chi connectivity index (χ2v) is 7.14. The topological polar surface area (TPSA) is 85.6 Å². The molecule has 31 heavy (non-hydrogen) atoms. The quantitative estimate of drug-likeness (QED) is 0.186. The van der Waals surface area contributed by atoms with Crippen LogP contribution < -0.4 is 5.43 Å². The Hall–Kier alpha value is -3.67. The molecule has 1 heterocycles. The zero-order valence-corrected chi connectivity index (χ0v) is 17.4. The number of aliphatic hydroxyl groups is 1. The standard InChI is InChI=1S/C25H25NO5/c1-2-31-25(30)23(28)16-22(27)20-17-26(21-14-7-6-13-19(21)24(20)29)15-9-8-12-18-10-4-3-5-11-18/h3-7,10-11,13-14,16-17,27H,2,8-9,12,15H2,1H3. The van der Waals surface area contributed by atoms with Gasteiger partial charge in [0, 0.05) is 24.2 Å². The second-order valence-electron chi connectivity index (χ2n) is 7.14. The second kappa shape index (κ2) is 10.4. The number of hydrogen-bond donors (Lipinski definition) is 1. The minimum Gasteiger partial charge on any atom is -0.507 e. The van der Waals surface area contributed by atoms with E-state index in [-0.39, 0.29) is 12.2 Å². The molecule has 0 radical (unpaired) electrons. The number of benzene rings is 2. The highest BCUT2D eigenvalue weighted by molar-refractivity contribution is 6.39. The van der Waals surface area contributed by atoms with Crippen molar-refractivity contribution in [3.05, 3.63) is 88.2 Å². The molecule has 0 atom stereocenters. The maximum Gasteiger partial charge on any atom is 0.379 e. The molecule has 0 bridgehead atoms. The molecule has 3 aromatic rings. The van der Waals surface area contributed by atoms with Crippen LogP contribution in [0.25, 0.3) is 16.7 Å². The Morgan fingerprint density at radius 2 is 1.74 bits per heavy atom. The van der Waals surface area contributed by atoms with E-state index in [2.05, 4.69) is 16.9 Å². The third kappa shape index (κ3) is 5.48. The van der Waals surface area contributed by atoms with Crippen LogP contribution in [0.4, 0.5) is 0 Å². The van der Waals surface area contributed by atoms with E-state index >= 15 is 0 Å². The van der Waals surface area contributed by atoms with Crippen molar-refractivity contribution in [1.29, 1.82) is 0 Å². The van der Waals surface area contributed by atoms with E-state index in [9.17, 15) is 19.5 Å². The summed E-state index contributed by atoms with van der Waals surface area (Å²) in [7, 11) is 0. The first-order valence-electron chi connectivity index (χ1n) is 10.3. The monoisotopic (exact) mass is 419 g/mol. The molecule has 2 aromatic carbocycles. The van der Waals surface area contributed by atoms with E-state index in [1.54, 1.807) is 19.1 Å². The number of ether oxygens (including phenoxy) is 1. The van der Waals surface area contributed by atoms with E-state index in [4.69, 9.17) is 0 Å². The van der Waals surface area contributed by atoms with Crippen molar-refractivity contribution in [2.24, 2.45) is 0 Å². The molecule has 6 nitrogen and oxygen atoms in total. The predicted molar refractivity (Wildman–Crippen MR) is 120 cm³/mol. The Morgan fingerprint density at radius 1 is 1.03 bits per heavy atom. The summed E-state index contributed by atoms with van der Waals surface area (Å²) in [6.07, 6.45) is 5.06. The molecule has 6 heteroatoms.